The van der Waals surface area contributed by atoms with Crippen LogP contribution in [0, 0.1) is 6.92 Å². The third-order valence-electron chi connectivity index (χ3n) is 6.83. The van der Waals surface area contributed by atoms with Gasteiger partial charge in [-0.25, -0.2) is 9.48 Å². The summed E-state index contributed by atoms with van der Waals surface area (Å²) >= 11 is 6.44. The van der Waals surface area contributed by atoms with Crippen molar-refractivity contribution in [2.75, 3.05) is 12.4 Å². The number of aromatic nitrogens is 3. The average Bonchev–Trinajstić information content (AvgIpc) is 3.49. The molecule has 3 heterocycles. The molecule has 0 saturated carbocycles. The Balaban J connectivity index is 1.52. The monoisotopic (exact) mass is 523 g/mol. The summed E-state index contributed by atoms with van der Waals surface area (Å²) in [7, 11) is 1.60. The van der Waals surface area contributed by atoms with Gasteiger partial charge in [0, 0.05) is 28.5 Å². The van der Waals surface area contributed by atoms with Gasteiger partial charge in [-0.2, -0.15) is 5.10 Å². The van der Waals surface area contributed by atoms with Gasteiger partial charge in [-0.1, -0.05) is 48.0 Å². The van der Waals surface area contributed by atoms with Crippen molar-refractivity contribution in [3.8, 4) is 17.3 Å². The largest absolute Gasteiger partial charge is 0.497 e. The lowest BCUT2D eigenvalue weighted by atomic mass is 10.0. The highest BCUT2D eigenvalue weighted by Gasteiger charge is 2.36. The number of rotatable bonds is 4. The lowest BCUT2D eigenvalue weighted by Crippen LogP contribution is -2.38. The van der Waals surface area contributed by atoms with E-state index in [9.17, 15) is 4.79 Å². The summed E-state index contributed by atoms with van der Waals surface area (Å²) in [6.07, 6.45) is 2.02. The molecule has 2 amide bonds. The number of carbonyl (C=O) groups excluding carboxylic acids is 1. The van der Waals surface area contributed by atoms with Gasteiger partial charge in [0.1, 0.15) is 11.6 Å². The second-order valence-corrected chi connectivity index (χ2v) is 9.62. The molecule has 1 N–H and O–H groups in total. The standard InChI is InChI=1S/C30H26ClN5O2/c1-20-26-19-35(30(37)32-23-11-7-14-25(18-23)38-2)28(21-9-6-10-22(31)17-21)27-15-8-16-34(27)29(26)36(33-20)24-12-4-3-5-13-24/h3-18,28H,19H2,1-2H3,(H,32,37). The lowest BCUT2D eigenvalue weighted by molar-refractivity contribution is 0.194. The minimum Gasteiger partial charge on any atom is -0.497 e. The maximum atomic E-state index is 14.0. The molecular weight excluding hydrogens is 498 g/mol. The van der Waals surface area contributed by atoms with E-state index in [0.29, 0.717) is 23.0 Å². The van der Waals surface area contributed by atoms with Gasteiger partial charge in [0.2, 0.25) is 0 Å². The fourth-order valence-corrected chi connectivity index (χ4v) is 5.27. The molecule has 7 nitrogen and oxygen atoms in total. The van der Waals surface area contributed by atoms with Gasteiger partial charge in [0.25, 0.3) is 0 Å². The summed E-state index contributed by atoms with van der Waals surface area (Å²) < 4.78 is 9.44. The van der Waals surface area contributed by atoms with E-state index in [1.807, 2.05) is 108 Å². The SMILES string of the molecule is COc1cccc(NC(=O)N2Cc3c(C)nn(-c4ccccc4)c3-n3cccc3C2c2cccc(Cl)c2)c1. The van der Waals surface area contributed by atoms with Crippen molar-refractivity contribution >= 4 is 23.3 Å². The molecule has 0 spiro atoms. The van der Waals surface area contributed by atoms with Gasteiger partial charge in [-0.05, 0) is 61.0 Å². The summed E-state index contributed by atoms with van der Waals surface area (Å²) in [6.45, 7) is 2.34. The maximum Gasteiger partial charge on any atom is 0.322 e. The number of halogens is 1. The number of anilines is 1. The van der Waals surface area contributed by atoms with E-state index in [0.717, 1.165) is 34.0 Å². The Morgan fingerprint density at radius 3 is 2.61 bits per heavy atom. The molecule has 1 aliphatic heterocycles. The predicted octanol–water partition coefficient (Wildman–Crippen LogP) is 6.77. The number of methoxy groups -OCH3 is 1. The maximum absolute atomic E-state index is 14.0. The Morgan fingerprint density at radius 2 is 1.82 bits per heavy atom. The molecule has 1 atom stereocenters. The minimum absolute atomic E-state index is 0.240. The topological polar surface area (TPSA) is 64.3 Å². The average molecular weight is 524 g/mol. The molecule has 1 aliphatic rings. The number of amides is 2. The van der Waals surface area contributed by atoms with E-state index in [1.54, 1.807) is 13.2 Å². The van der Waals surface area contributed by atoms with Crippen molar-refractivity contribution < 1.29 is 9.53 Å². The Labute approximate surface area is 225 Å². The first kappa shape index (κ1) is 23.9. The van der Waals surface area contributed by atoms with Crippen molar-refractivity contribution in [1.82, 2.24) is 19.2 Å². The first-order valence-electron chi connectivity index (χ1n) is 12.3. The van der Waals surface area contributed by atoms with Crippen LogP contribution in [0.1, 0.15) is 28.6 Å². The number of carbonyl (C=O) groups is 1. The molecule has 38 heavy (non-hydrogen) atoms. The van der Waals surface area contributed by atoms with Crippen LogP contribution in [-0.4, -0.2) is 32.4 Å². The number of hydrogen-bond donors (Lipinski definition) is 1. The molecule has 0 radical (unpaired) electrons. The number of aryl methyl sites for hydroxylation is 1. The van der Waals surface area contributed by atoms with Gasteiger partial charge < -0.3 is 19.5 Å². The summed E-state index contributed by atoms with van der Waals surface area (Å²) in [4.78, 5) is 15.9. The molecule has 6 rings (SSSR count). The molecule has 0 fully saturated rings. The van der Waals surface area contributed by atoms with Gasteiger partial charge in [-0.3, -0.25) is 0 Å². The van der Waals surface area contributed by atoms with Crippen molar-refractivity contribution in [2.45, 2.75) is 19.5 Å². The van der Waals surface area contributed by atoms with E-state index >= 15 is 0 Å². The number of benzene rings is 3. The number of nitrogens with one attached hydrogen (secondary N) is 1. The molecule has 0 saturated heterocycles. The molecule has 8 heteroatoms. The number of ether oxygens (including phenoxy) is 1. The Hall–Kier alpha value is -4.49. The van der Waals surface area contributed by atoms with Crippen LogP contribution >= 0.6 is 11.6 Å². The van der Waals surface area contributed by atoms with E-state index in [-0.39, 0.29) is 6.03 Å². The quantitative estimate of drug-likeness (QED) is 0.283. The van der Waals surface area contributed by atoms with E-state index in [1.165, 1.54) is 0 Å². The van der Waals surface area contributed by atoms with E-state index < -0.39 is 6.04 Å². The molecule has 1 unspecified atom stereocenters. The highest BCUT2D eigenvalue weighted by atomic mass is 35.5. The summed E-state index contributed by atoms with van der Waals surface area (Å²) in [6, 6.07) is 28.5. The van der Waals surface area contributed by atoms with Crippen LogP contribution in [0.25, 0.3) is 11.5 Å². The molecule has 5 aromatic rings. The first-order chi connectivity index (χ1) is 18.5. The van der Waals surface area contributed by atoms with Crippen LogP contribution in [-0.2, 0) is 6.54 Å². The fraction of sp³-hybridized carbons (Fsp3) is 0.133. The van der Waals surface area contributed by atoms with Crippen molar-refractivity contribution in [1.29, 1.82) is 0 Å². The second-order valence-electron chi connectivity index (χ2n) is 9.19. The number of nitrogens with zero attached hydrogens (tertiary/aromatic N) is 4. The molecule has 2 aromatic heterocycles. The Kier molecular flexibility index (Phi) is 6.13. The van der Waals surface area contributed by atoms with E-state index in [2.05, 4.69) is 9.88 Å². The minimum atomic E-state index is -0.398. The normalized spacial score (nSPS) is 14.4. The van der Waals surface area contributed by atoms with Crippen molar-refractivity contribution in [3.63, 3.8) is 0 Å². The third-order valence-corrected chi connectivity index (χ3v) is 7.07. The highest BCUT2D eigenvalue weighted by molar-refractivity contribution is 6.30. The smallest absolute Gasteiger partial charge is 0.322 e. The Bertz CT molecular complexity index is 1620. The van der Waals surface area contributed by atoms with Gasteiger partial charge in [-0.15, -0.1) is 0 Å². The van der Waals surface area contributed by atoms with Gasteiger partial charge in [0.15, 0.2) is 0 Å². The predicted molar refractivity (Wildman–Crippen MR) is 148 cm³/mol. The zero-order valence-corrected chi connectivity index (χ0v) is 21.8. The number of urea groups is 1. The molecule has 0 aliphatic carbocycles. The molecule has 3 aromatic carbocycles. The Morgan fingerprint density at radius 1 is 1.00 bits per heavy atom. The molecule has 0 bridgehead atoms. The van der Waals surface area contributed by atoms with Crippen LogP contribution in [0.5, 0.6) is 5.75 Å². The van der Waals surface area contributed by atoms with Crippen LogP contribution in [0.3, 0.4) is 0 Å². The van der Waals surface area contributed by atoms with E-state index in [4.69, 9.17) is 21.4 Å². The van der Waals surface area contributed by atoms with Crippen LogP contribution in [0.15, 0.2) is 97.2 Å². The van der Waals surface area contributed by atoms with Gasteiger partial charge >= 0.3 is 6.03 Å². The summed E-state index contributed by atoms with van der Waals surface area (Å²) in [5.41, 5.74) is 5.27. The zero-order chi connectivity index (χ0) is 26.2. The van der Waals surface area contributed by atoms with Crippen molar-refractivity contribution in [2.24, 2.45) is 0 Å². The number of para-hydroxylation sites is 1. The van der Waals surface area contributed by atoms with Crippen molar-refractivity contribution in [3.05, 3.63) is 125 Å². The molecular formula is C30H26ClN5O2. The number of fused-ring (bicyclic) bond motifs is 3. The number of hydrogen-bond acceptors (Lipinski definition) is 3. The van der Waals surface area contributed by atoms with Crippen LogP contribution < -0.4 is 10.1 Å². The third kappa shape index (κ3) is 4.21. The fourth-order valence-electron chi connectivity index (χ4n) is 5.07. The second kappa shape index (κ2) is 9.76. The zero-order valence-electron chi connectivity index (χ0n) is 21.0. The summed E-state index contributed by atoms with van der Waals surface area (Å²) in [5.74, 6) is 1.58. The van der Waals surface area contributed by atoms with Crippen LogP contribution in [0.2, 0.25) is 5.02 Å². The lowest BCUT2D eigenvalue weighted by Gasteiger charge is -2.31. The van der Waals surface area contributed by atoms with Gasteiger partial charge in [0.05, 0.1) is 36.8 Å². The van der Waals surface area contributed by atoms with Crippen LogP contribution in [0.4, 0.5) is 10.5 Å². The highest BCUT2D eigenvalue weighted by Crippen LogP contribution is 2.39. The first-order valence-corrected chi connectivity index (χ1v) is 12.7. The summed E-state index contributed by atoms with van der Waals surface area (Å²) in [5, 5.41) is 8.59. The molecule has 190 valence electrons.